The van der Waals surface area contributed by atoms with Crippen LogP contribution in [-0.2, 0) is 23.6 Å². The van der Waals surface area contributed by atoms with Gasteiger partial charge in [-0.3, -0.25) is 0 Å². The molecule has 2 nitrogen and oxygen atoms in total. The summed E-state index contributed by atoms with van der Waals surface area (Å²) in [7, 11) is 0. The van der Waals surface area contributed by atoms with Crippen molar-refractivity contribution in [2.75, 3.05) is 4.90 Å². The molecule has 2 atom stereocenters. The Morgan fingerprint density at radius 2 is 1.03 bits per heavy atom. The summed E-state index contributed by atoms with van der Waals surface area (Å²) < 4.78 is 0. The van der Waals surface area contributed by atoms with E-state index in [0.29, 0.717) is 5.56 Å². The Bertz CT molecular complexity index is 1830. The molecule has 0 amide bonds. The average molecular weight is 575 g/mol. The number of fused-ring (bicyclic) bond motifs is 4. The van der Waals surface area contributed by atoms with E-state index >= 15 is 0 Å². The van der Waals surface area contributed by atoms with Crippen LogP contribution in [0.2, 0.25) is 0 Å². The highest BCUT2D eigenvalue weighted by Gasteiger charge is 2.46. The molecule has 2 aliphatic heterocycles. The molecule has 7 rings (SSSR count). The summed E-state index contributed by atoms with van der Waals surface area (Å²) in [5, 5.41) is 17.0. The molecule has 5 aromatic carbocycles. The minimum atomic E-state index is -2.51. The topological polar surface area (TPSA) is 27.0 Å². The Balaban J connectivity index is 1.71. The van der Waals surface area contributed by atoms with Gasteiger partial charge in [-0.15, -0.1) is 0 Å². The zero-order valence-electron chi connectivity index (χ0n) is 21.5. The quantitative estimate of drug-likeness (QED) is 0.245. The lowest BCUT2D eigenvalue weighted by Gasteiger charge is -2.47. The molecule has 2 heterocycles. The highest BCUT2D eigenvalue weighted by atomic mass is 32.4. The molecule has 188 valence electrons. The van der Waals surface area contributed by atoms with Crippen molar-refractivity contribution in [2.24, 2.45) is 0 Å². The van der Waals surface area contributed by atoms with E-state index in [2.05, 4.69) is 122 Å². The Morgan fingerprint density at radius 1 is 0.590 bits per heavy atom. The summed E-state index contributed by atoms with van der Waals surface area (Å²) >= 11 is 13.7. The van der Waals surface area contributed by atoms with Crippen molar-refractivity contribution in [2.45, 2.75) is 13.8 Å². The van der Waals surface area contributed by atoms with Gasteiger partial charge in [0.05, 0.1) is 28.7 Å². The first-order chi connectivity index (χ1) is 18.9. The first-order valence-electron chi connectivity index (χ1n) is 12.8. The van der Waals surface area contributed by atoms with Gasteiger partial charge in [0.25, 0.3) is 0 Å². The van der Waals surface area contributed by atoms with E-state index in [9.17, 15) is 5.26 Å². The number of benzene rings is 5. The van der Waals surface area contributed by atoms with E-state index in [4.69, 9.17) is 23.6 Å². The molecule has 0 aliphatic carbocycles. The Labute approximate surface area is 239 Å². The van der Waals surface area contributed by atoms with Crippen molar-refractivity contribution in [1.82, 2.24) is 0 Å². The van der Waals surface area contributed by atoms with Crippen LogP contribution in [0.5, 0.6) is 0 Å². The van der Waals surface area contributed by atoms with Crippen molar-refractivity contribution in [3.63, 3.8) is 0 Å². The third-order valence-electron chi connectivity index (χ3n) is 7.76. The smallest absolute Gasteiger partial charge is 0.0992 e. The van der Waals surface area contributed by atoms with Crippen LogP contribution in [0.25, 0.3) is 0 Å². The number of anilines is 3. The van der Waals surface area contributed by atoms with E-state index in [1.807, 2.05) is 12.1 Å². The number of hydrogen-bond donors (Lipinski definition) is 0. The maximum Gasteiger partial charge on any atom is 0.0992 e. The zero-order chi connectivity index (χ0) is 26.9. The number of hydrogen-bond acceptors (Lipinski definition) is 4. The molecular formula is C33H24N2P2S2. The summed E-state index contributed by atoms with van der Waals surface area (Å²) in [6.07, 6.45) is 0. The Kier molecular flexibility index (Phi) is 5.61. The maximum atomic E-state index is 10.3. The molecule has 0 bridgehead atoms. The fourth-order valence-electron chi connectivity index (χ4n) is 5.99. The third kappa shape index (κ3) is 3.38. The monoisotopic (exact) mass is 574 g/mol. The second-order valence-corrected chi connectivity index (χ2v) is 18.9. The standard InChI is InChI=1S/C33H24N2P2S2/c1-22-13-15-27-29(17-22)36(38,25-9-5-3-6-10-25)31-19-24(21-34)20-32-33(31)35(27)28-16-14-23(2)18-30(28)37(32,39)26-11-7-4-8-12-26/h3-20H,1-2H3. The molecule has 39 heavy (non-hydrogen) atoms. The average Bonchev–Trinajstić information content (AvgIpc) is 2.97. The molecule has 0 saturated carbocycles. The van der Waals surface area contributed by atoms with E-state index in [1.54, 1.807) is 0 Å². The van der Waals surface area contributed by atoms with E-state index in [0.717, 1.165) is 38.3 Å². The molecule has 2 aliphatic rings. The summed E-state index contributed by atoms with van der Waals surface area (Å²) in [6, 6.07) is 35.8. The van der Waals surface area contributed by atoms with Crippen molar-refractivity contribution >= 4 is 84.6 Å². The van der Waals surface area contributed by atoms with Crippen LogP contribution in [-0.4, -0.2) is 0 Å². The van der Waals surface area contributed by atoms with Crippen LogP contribution in [0.3, 0.4) is 0 Å². The molecular weight excluding hydrogens is 550 g/mol. The fraction of sp³-hybridized carbons (Fsp3) is 0.0606. The van der Waals surface area contributed by atoms with E-state index in [-0.39, 0.29) is 0 Å². The Morgan fingerprint density at radius 3 is 1.44 bits per heavy atom. The highest BCUT2D eigenvalue weighted by Crippen LogP contribution is 2.60. The summed E-state index contributed by atoms with van der Waals surface area (Å²) in [6.45, 7) is 4.25. The second-order valence-electron chi connectivity index (χ2n) is 10.2. The van der Waals surface area contributed by atoms with Crippen molar-refractivity contribution < 1.29 is 0 Å². The van der Waals surface area contributed by atoms with Gasteiger partial charge in [-0.2, -0.15) is 5.26 Å². The highest BCUT2D eigenvalue weighted by molar-refractivity contribution is 8.27. The number of aryl methyl sites for hydroxylation is 2. The summed E-state index contributed by atoms with van der Waals surface area (Å²) in [5.74, 6) is 0. The largest absolute Gasteiger partial charge is 0.308 e. The van der Waals surface area contributed by atoms with Gasteiger partial charge in [0.1, 0.15) is 0 Å². The molecule has 0 radical (unpaired) electrons. The lowest BCUT2D eigenvalue weighted by molar-refractivity contribution is 1.29. The molecule has 5 aromatic rings. The van der Waals surface area contributed by atoms with Gasteiger partial charge in [-0.05, 0) is 60.9 Å². The van der Waals surface area contributed by atoms with Crippen LogP contribution in [0.4, 0.5) is 17.1 Å². The SMILES string of the molecule is Cc1ccc2c(c1)P(=S)(c1ccccc1)c1cc(C#N)cc3c1N2c1ccc(C)cc1P3(=S)c1ccccc1. The van der Waals surface area contributed by atoms with Gasteiger partial charge >= 0.3 is 0 Å². The molecule has 0 spiro atoms. The molecule has 6 heteroatoms. The van der Waals surface area contributed by atoms with Gasteiger partial charge in [0.2, 0.25) is 0 Å². The predicted octanol–water partition coefficient (Wildman–Crippen LogP) is 5.78. The van der Waals surface area contributed by atoms with Crippen LogP contribution < -0.4 is 36.7 Å². The van der Waals surface area contributed by atoms with Crippen molar-refractivity contribution in [3.05, 3.63) is 126 Å². The lowest BCUT2D eigenvalue weighted by atomic mass is 10.1. The van der Waals surface area contributed by atoms with E-state index in [1.165, 1.54) is 21.7 Å². The summed E-state index contributed by atoms with van der Waals surface area (Å²) in [4.78, 5) is 2.39. The predicted molar refractivity (Wildman–Crippen MR) is 175 cm³/mol. The Hall–Kier alpha value is -3.31. The lowest BCUT2D eigenvalue weighted by Crippen LogP contribution is -2.46. The first-order valence-corrected chi connectivity index (χ1v) is 18.4. The molecule has 0 N–H and O–H groups in total. The maximum absolute atomic E-state index is 10.3. The number of rotatable bonds is 2. The molecule has 0 fully saturated rings. The van der Waals surface area contributed by atoms with E-state index < -0.39 is 12.1 Å². The summed E-state index contributed by atoms with van der Waals surface area (Å²) in [5.41, 5.74) is 6.28. The van der Waals surface area contributed by atoms with Gasteiger partial charge < -0.3 is 4.90 Å². The zero-order valence-corrected chi connectivity index (χ0v) is 24.9. The third-order valence-corrected chi connectivity index (χ3v) is 17.6. The molecule has 0 saturated heterocycles. The molecule has 2 unspecified atom stereocenters. The minimum Gasteiger partial charge on any atom is -0.308 e. The van der Waals surface area contributed by atoms with Gasteiger partial charge in [0.15, 0.2) is 0 Å². The van der Waals surface area contributed by atoms with Gasteiger partial charge in [-0.1, -0.05) is 108 Å². The second kappa shape index (κ2) is 8.85. The van der Waals surface area contributed by atoms with Gasteiger partial charge in [0, 0.05) is 33.3 Å². The van der Waals surface area contributed by atoms with Crippen molar-refractivity contribution in [1.29, 1.82) is 5.26 Å². The minimum absolute atomic E-state index is 0.617. The van der Waals surface area contributed by atoms with Gasteiger partial charge in [-0.25, -0.2) is 0 Å². The van der Waals surface area contributed by atoms with Crippen LogP contribution in [0, 0.1) is 25.2 Å². The van der Waals surface area contributed by atoms with Crippen LogP contribution in [0.15, 0.2) is 109 Å². The van der Waals surface area contributed by atoms with Crippen LogP contribution >= 0.6 is 12.1 Å². The van der Waals surface area contributed by atoms with Crippen molar-refractivity contribution in [3.8, 4) is 6.07 Å². The normalized spacial score (nSPS) is 20.4. The fourth-order valence-corrected chi connectivity index (χ4v) is 14.8. The number of nitriles is 1. The molecule has 0 aromatic heterocycles. The first kappa shape index (κ1) is 24.7. The van der Waals surface area contributed by atoms with Crippen LogP contribution in [0.1, 0.15) is 16.7 Å². The number of nitrogens with zero attached hydrogens (tertiary/aromatic N) is 2.